The van der Waals surface area contributed by atoms with E-state index < -0.39 is 0 Å². The number of hydrogen-bond donors (Lipinski definition) is 4. The molecule has 4 N–H and O–H groups in total. The number of aromatic amines is 1. The summed E-state index contributed by atoms with van der Waals surface area (Å²) in [5.74, 6) is 0.902. The normalized spacial score (nSPS) is 10.8. The monoisotopic (exact) mass is 337 g/mol. The maximum absolute atomic E-state index is 10.2. The summed E-state index contributed by atoms with van der Waals surface area (Å²) in [4.78, 5) is 0. The van der Waals surface area contributed by atoms with Crippen LogP contribution in [0.4, 0.5) is 5.82 Å². The number of nitrogens with one attached hydrogen (secondary N) is 2. The molecule has 1 heterocycles. The average molecular weight is 337 g/mol. The molecular weight excluding hydrogens is 314 g/mol. The van der Waals surface area contributed by atoms with E-state index in [0.717, 1.165) is 35.6 Å². The number of unbranched alkanes of at least 4 members (excludes halogenated alkanes) is 2. The third-order valence-electron chi connectivity index (χ3n) is 4.15. The Morgan fingerprint density at radius 3 is 2.52 bits per heavy atom. The highest BCUT2D eigenvalue weighted by Crippen LogP contribution is 2.37. The lowest BCUT2D eigenvalue weighted by molar-refractivity contribution is 0.452. The van der Waals surface area contributed by atoms with Gasteiger partial charge in [0.15, 0.2) is 0 Å². The number of benzene rings is 2. The third kappa shape index (κ3) is 3.94. The maximum atomic E-state index is 10.2. The Labute approximate surface area is 147 Å². The molecule has 0 spiro atoms. The van der Waals surface area contributed by atoms with Crippen LogP contribution in [0.5, 0.6) is 11.5 Å². The Kier molecular flexibility index (Phi) is 5.23. The maximum Gasteiger partial charge on any atom is 0.148 e. The summed E-state index contributed by atoms with van der Waals surface area (Å²) < 4.78 is 0. The lowest BCUT2D eigenvalue weighted by Crippen LogP contribution is -2.01. The number of phenolic OH excluding ortho intramolecular Hbond substituents is 2. The standard InChI is InChI=1S/C20H23N3O2/c1-2-3-6-11-21-20-13-18(22-23-20)16-8-5-4-7-15(16)17-10-9-14(24)12-19(17)25/h4-5,7-10,12-13,24-25H,2-3,6,11H2,1H3,(H2,21,22,23). The van der Waals surface area contributed by atoms with Gasteiger partial charge >= 0.3 is 0 Å². The van der Waals surface area contributed by atoms with Crippen LogP contribution < -0.4 is 5.32 Å². The topological polar surface area (TPSA) is 81.2 Å². The summed E-state index contributed by atoms with van der Waals surface area (Å²) in [7, 11) is 0. The largest absolute Gasteiger partial charge is 0.508 e. The Balaban J connectivity index is 1.87. The molecular formula is C20H23N3O2. The van der Waals surface area contributed by atoms with Crippen molar-refractivity contribution in [3.05, 3.63) is 48.5 Å². The minimum absolute atomic E-state index is 0.0406. The lowest BCUT2D eigenvalue weighted by atomic mass is 9.97. The zero-order valence-electron chi connectivity index (χ0n) is 14.3. The molecule has 130 valence electrons. The van der Waals surface area contributed by atoms with Crippen molar-refractivity contribution in [1.82, 2.24) is 10.2 Å². The van der Waals surface area contributed by atoms with Crippen LogP contribution >= 0.6 is 0 Å². The minimum atomic E-state index is 0.0406. The second-order valence-electron chi connectivity index (χ2n) is 6.05. The number of phenols is 2. The van der Waals surface area contributed by atoms with E-state index >= 15 is 0 Å². The predicted molar refractivity (Wildman–Crippen MR) is 101 cm³/mol. The van der Waals surface area contributed by atoms with Gasteiger partial charge in [-0.3, -0.25) is 5.10 Å². The number of anilines is 1. The number of H-pyrrole nitrogens is 1. The molecule has 0 fully saturated rings. The zero-order chi connectivity index (χ0) is 17.6. The number of rotatable bonds is 7. The minimum Gasteiger partial charge on any atom is -0.508 e. The summed E-state index contributed by atoms with van der Waals surface area (Å²) in [5, 5.41) is 30.4. The van der Waals surface area contributed by atoms with Crippen molar-refractivity contribution in [3.8, 4) is 33.9 Å². The van der Waals surface area contributed by atoms with Gasteiger partial charge in [0.2, 0.25) is 0 Å². The van der Waals surface area contributed by atoms with Crippen molar-refractivity contribution in [2.75, 3.05) is 11.9 Å². The Morgan fingerprint density at radius 2 is 1.76 bits per heavy atom. The molecule has 0 saturated heterocycles. The SMILES string of the molecule is CCCCCNc1cc(-c2ccccc2-c2ccc(O)cc2O)[nH]n1. The zero-order valence-corrected chi connectivity index (χ0v) is 14.3. The molecule has 3 aromatic rings. The number of aromatic hydroxyl groups is 2. The van der Waals surface area contributed by atoms with Crippen molar-refractivity contribution in [3.63, 3.8) is 0 Å². The lowest BCUT2D eigenvalue weighted by Gasteiger charge is -2.10. The summed E-state index contributed by atoms with van der Waals surface area (Å²) in [5.41, 5.74) is 3.36. The van der Waals surface area contributed by atoms with Crippen molar-refractivity contribution < 1.29 is 10.2 Å². The van der Waals surface area contributed by atoms with Crippen LogP contribution in [0.3, 0.4) is 0 Å². The highest BCUT2D eigenvalue weighted by atomic mass is 16.3. The van der Waals surface area contributed by atoms with Gasteiger partial charge in [-0.05, 0) is 24.1 Å². The molecule has 1 aromatic heterocycles. The quantitative estimate of drug-likeness (QED) is 0.469. The van der Waals surface area contributed by atoms with Crippen molar-refractivity contribution >= 4 is 5.82 Å². The molecule has 0 saturated carbocycles. The molecule has 3 rings (SSSR count). The second-order valence-corrected chi connectivity index (χ2v) is 6.05. The Hall–Kier alpha value is -2.95. The van der Waals surface area contributed by atoms with E-state index in [9.17, 15) is 10.2 Å². The summed E-state index contributed by atoms with van der Waals surface area (Å²) in [6, 6.07) is 14.4. The first-order valence-corrected chi connectivity index (χ1v) is 8.60. The fourth-order valence-corrected chi connectivity index (χ4v) is 2.84. The van der Waals surface area contributed by atoms with Crippen molar-refractivity contribution in [2.24, 2.45) is 0 Å². The molecule has 25 heavy (non-hydrogen) atoms. The summed E-state index contributed by atoms with van der Waals surface area (Å²) >= 11 is 0. The molecule has 0 atom stereocenters. The van der Waals surface area contributed by atoms with E-state index in [1.54, 1.807) is 12.1 Å². The van der Waals surface area contributed by atoms with Gasteiger partial charge in [0, 0.05) is 29.8 Å². The van der Waals surface area contributed by atoms with E-state index in [2.05, 4.69) is 22.4 Å². The molecule has 5 nitrogen and oxygen atoms in total. The molecule has 0 aliphatic heterocycles. The molecule has 0 radical (unpaired) electrons. The van der Waals surface area contributed by atoms with Gasteiger partial charge in [0.1, 0.15) is 17.3 Å². The van der Waals surface area contributed by atoms with Crippen LogP contribution in [0.25, 0.3) is 22.4 Å². The average Bonchev–Trinajstić information content (AvgIpc) is 3.08. The number of nitrogens with zero attached hydrogens (tertiary/aromatic N) is 1. The Morgan fingerprint density at radius 1 is 0.960 bits per heavy atom. The van der Waals surface area contributed by atoms with Gasteiger partial charge in [-0.2, -0.15) is 5.10 Å². The van der Waals surface area contributed by atoms with Gasteiger partial charge < -0.3 is 15.5 Å². The van der Waals surface area contributed by atoms with E-state index in [4.69, 9.17) is 0 Å². The van der Waals surface area contributed by atoms with Crippen LogP contribution in [0, 0.1) is 0 Å². The number of hydrogen-bond acceptors (Lipinski definition) is 4. The number of aromatic nitrogens is 2. The second kappa shape index (κ2) is 7.75. The molecule has 0 bridgehead atoms. The van der Waals surface area contributed by atoms with Crippen LogP contribution in [0.15, 0.2) is 48.5 Å². The fraction of sp³-hybridized carbons (Fsp3) is 0.250. The van der Waals surface area contributed by atoms with E-state index in [1.807, 2.05) is 30.3 Å². The van der Waals surface area contributed by atoms with Gasteiger partial charge in [0.25, 0.3) is 0 Å². The van der Waals surface area contributed by atoms with E-state index in [-0.39, 0.29) is 11.5 Å². The van der Waals surface area contributed by atoms with Gasteiger partial charge in [-0.15, -0.1) is 0 Å². The molecule has 0 amide bonds. The first-order valence-electron chi connectivity index (χ1n) is 8.60. The van der Waals surface area contributed by atoms with Gasteiger partial charge in [-0.1, -0.05) is 44.0 Å². The van der Waals surface area contributed by atoms with Crippen LogP contribution in [-0.2, 0) is 0 Å². The predicted octanol–water partition coefficient (Wildman–Crippen LogP) is 4.76. The summed E-state index contributed by atoms with van der Waals surface area (Å²) in [6.45, 7) is 3.08. The van der Waals surface area contributed by atoms with Crippen molar-refractivity contribution in [2.45, 2.75) is 26.2 Å². The van der Waals surface area contributed by atoms with Gasteiger partial charge in [0.05, 0.1) is 5.69 Å². The van der Waals surface area contributed by atoms with Crippen LogP contribution in [-0.4, -0.2) is 27.0 Å². The summed E-state index contributed by atoms with van der Waals surface area (Å²) in [6.07, 6.45) is 3.51. The van der Waals surface area contributed by atoms with Gasteiger partial charge in [-0.25, -0.2) is 0 Å². The van der Waals surface area contributed by atoms with Crippen LogP contribution in [0.1, 0.15) is 26.2 Å². The fourth-order valence-electron chi connectivity index (χ4n) is 2.84. The van der Waals surface area contributed by atoms with E-state index in [0.29, 0.717) is 5.56 Å². The highest BCUT2D eigenvalue weighted by molar-refractivity contribution is 5.85. The first-order chi connectivity index (χ1) is 12.2. The van der Waals surface area contributed by atoms with Crippen molar-refractivity contribution in [1.29, 1.82) is 0 Å². The third-order valence-corrected chi connectivity index (χ3v) is 4.15. The first kappa shape index (κ1) is 16.9. The molecule has 0 unspecified atom stereocenters. The molecule has 5 heteroatoms. The molecule has 0 aliphatic carbocycles. The highest BCUT2D eigenvalue weighted by Gasteiger charge is 2.13. The Bertz CT molecular complexity index is 842. The molecule has 2 aromatic carbocycles. The smallest absolute Gasteiger partial charge is 0.148 e. The van der Waals surface area contributed by atoms with E-state index in [1.165, 1.54) is 18.9 Å². The van der Waals surface area contributed by atoms with Crippen LogP contribution in [0.2, 0.25) is 0 Å². The molecule has 0 aliphatic rings.